The minimum Gasteiger partial charge on any atom is -0.382 e. The van der Waals surface area contributed by atoms with Gasteiger partial charge in [0.25, 0.3) is 0 Å². The van der Waals surface area contributed by atoms with Gasteiger partial charge in [0.15, 0.2) is 11.0 Å². The third-order valence-corrected chi connectivity index (χ3v) is 5.69. The van der Waals surface area contributed by atoms with Gasteiger partial charge in [0.2, 0.25) is 0 Å². The molecule has 0 aliphatic carbocycles. The van der Waals surface area contributed by atoms with E-state index in [2.05, 4.69) is 9.97 Å². The molecule has 0 saturated heterocycles. The Bertz CT molecular complexity index is 1080. The van der Waals surface area contributed by atoms with E-state index in [1.807, 2.05) is 0 Å². The molecule has 2 aromatic heterocycles. The molecule has 2 heterocycles. The molecule has 2 unspecified atom stereocenters. The molecule has 0 bridgehead atoms. The van der Waals surface area contributed by atoms with Crippen LogP contribution in [-0.4, -0.2) is 19.3 Å². The van der Waals surface area contributed by atoms with Gasteiger partial charge in [-0.1, -0.05) is 17.7 Å². The van der Waals surface area contributed by atoms with Crippen LogP contribution in [0.15, 0.2) is 59.9 Å². The van der Waals surface area contributed by atoms with Gasteiger partial charge in [-0.25, -0.2) is 14.5 Å². The van der Waals surface area contributed by atoms with Crippen LogP contribution in [0, 0.1) is 6.92 Å². The molecule has 0 fully saturated rings. The highest BCUT2D eigenvalue weighted by Crippen LogP contribution is 2.35. The zero-order chi connectivity index (χ0) is 22.1. The molecular weight excluding hydrogens is 441 g/mol. The van der Waals surface area contributed by atoms with Gasteiger partial charge < -0.3 is 5.11 Å². The largest absolute Gasteiger partial charge is 0.416 e. The number of aliphatic hydroxyl groups is 1. The average molecular weight is 457 g/mol. The lowest BCUT2D eigenvalue weighted by Crippen LogP contribution is -2.34. The Kier molecular flexibility index (Phi) is 6.41. The van der Waals surface area contributed by atoms with Crippen LogP contribution in [0.1, 0.15) is 28.5 Å². The molecule has 0 aliphatic rings. The van der Waals surface area contributed by atoms with Crippen LogP contribution in [0.4, 0.5) is 18.9 Å². The minimum absolute atomic E-state index is 0.000667. The molecule has 3 aromatic rings. The summed E-state index contributed by atoms with van der Waals surface area (Å²) in [7, 11) is -2.23. The summed E-state index contributed by atoms with van der Waals surface area (Å²) in [5.41, 5.74) is -0.452. The summed E-state index contributed by atoms with van der Waals surface area (Å²) in [5, 5.41) is 10.8. The van der Waals surface area contributed by atoms with Crippen molar-refractivity contribution in [2.45, 2.75) is 24.1 Å². The molecule has 3 rings (SSSR count). The predicted octanol–water partition coefficient (Wildman–Crippen LogP) is 3.94. The number of nitrogens with zero attached hydrogens (tertiary/aromatic N) is 3. The fraction of sp³-hybridized carbons (Fsp3) is 0.158. The molecular formula is C19H16ClF3N4O2S. The number of anilines is 1. The van der Waals surface area contributed by atoms with Gasteiger partial charge >= 0.3 is 6.18 Å². The molecule has 11 heteroatoms. The zero-order valence-corrected chi connectivity index (χ0v) is 17.0. The number of rotatable bonds is 5. The Labute approximate surface area is 177 Å². The van der Waals surface area contributed by atoms with Gasteiger partial charge in [0, 0.05) is 18.6 Å². The Hall–Kier alpha value is -2.53. The smallest absolute Gasteiger partial charge is 0.382 e. The van der Waals surface area contributed by atoms with E-state index in [-0.39, 0.29) is 26.9 Å². The van der Waals surface area contributed by atoms with E-state index in [0.717, 1.165) is 10.5 Å². The molecule has 2 atom stereocenters. The highest BCUT2D eigenvalue weighted by atomic mass is 35.5. The van der Waals surface area contributed by atoms with Crippen molar-refractivity contribution >= 4 is 28.3 Å². The van der Waals surface area contributed by atoms with E-state index in [1.54, 1.807) is 12.1 Å². The van der Waals surface area contributed by atoms with Crippen molar-refractivity contribution in [1.29, 1.82) is 0 Å². The first-order chi connectivity index (χ1) is 14.1. The van der Waals surface area contributed by atoms with Crippen molar-refractivity contribution in [3.05, 3.63) is 82.4 Å². The summed E-state index contributed by atoms with van der Waals surface area (Å²) in [4.78, 5) is 7.79. The molecule has 0 amide bonds. The van der Waals surface area contributed by atoms with Crippen LogP contribution in [-0.2, 0) is 17.2 Å². The van der Waals surface area contributed by atoms with Gasteiger partial charge in [0.05, 0.1) is 26.9 Å². The minimum atomic E-state index is -4.61. The van der Waals surface area contributed by atoms with Crippen molar-refractivity contribution < 1.29 is 22.5 Å². The van der Waals surface area contributed by atoms with Gasteiger partial charge in [-0.3, -0.25) is 9.97 Å². The summed E-state index contributed by atoms with van der Waals surface area (Å²) >= 11 is 5.98. The molecule has 0 radical (unpaired) electrons. The lowest BCUT2D eigenvalue weighted by Gasteiger charge is -2.23. The number of aromatic nitrogens is 2. The maximum absolute atomic E-state index is 13.2. The van der Waals surface area contributed by atoms with Crippen molar-refractivity contribution in [3.63, 3.8) is 0 Å². The summed E-state index contributed by atoms with van der Waals surface area (Å²) in [6.07, 6.45) is -1.65. The van der Waals surface area contributed by atoms with Gasteiger partial charge in [-0.05, 0) is 48.4 Å². The second-order valence-corrected chi connectivity index (χ2v) is 8.09. The average Bonchev–Trinajstić information content (AvgIpc) is 2.72. The summed E-state index contributed by atoms with van der Waals surface area (Å²) in [5.74, 6) is 5.98. The maximum atomic E-state index is 13.2. The van der Waals surface area contributed by atoms with E-state index in [4.69, 9.17) is 17.4 Å². The van der Waals surface area contributed by atoms with Crippen LogP contribution in [0.2, 0.25) is 5.02 Å². The highest BCUT2D eigenvalue weighted by Gasteiger charge is 2.33. The van der Waals surface area contributed by atoms with Crippen LogP contribution in [0.25, 0.3) is 0 Å². The molecule has 3 N–H and O–H groups in total. The van der Waals surface area contributed by atoms with E-state index in [1.165, 1.54) is 43.7 Å². The third kappa shape index (κ3) is 4.62. The van der Waals surface area contributed by atoms with Gasteiger partial charge in [-0.15, -0.1) is 0 Å². The summed E-state index contributed by atoms with van der Waals surface area (Å²) in [6.45, 7) is 1.31. The number of hydrogen-bond donors (Lipinski definition) is 2. The van der Waals surface area contributed by atoms with Crippen molar-refractivity contribution in [1.82, 2.24) is 9.97 Å². The molecule has 1 aromatic carbocycles. The van der Waals surface area contributed by atoms with E-state index in [0.29, 0.717) is 5.56 Å². The predicted molar refractivity (Wildman–Crippen MR) is 107 cm³/mol. The molecule has 0 saturated carbocycles. The monoisotopic (exact) mass is 456 g/mol. The first kappa shape index (κ1) is 22.2. The normalized spacial score (nSPS) is 13.7. The first-order valence-corrected chi connectivity index (χ1v) is 9.96. The van der Waals surface area contributed by atoms with Crippen LogP contribution >= 0.6 is 11.6 Å². The maximum Gasteiger partial charge on any atom is 0.416 e. The number of aliphatic hydroxyl groups excluding tert-OH is 1. The fourth-order valence-corrected chi connectivity index (χ4v) is 3.86. The van der Waals surface area contributed by atoms with Crippen LogP contribution in [0.3, 0.4) is 0 Å². The van der Waals surface area contributed by atoms with Gasteiger partial charge in [-0.2, -0.15) is 13.2 Å². The standard InChI is InChI=1S/C19H16ClF3N4O2S/c1-11-2-3-14(9-15(11)19(21,22)23)30(29)27(24)16-8-13(20)10-26-17(16)18(28)12-4-6-25-7-5-12/h2-10,18,28H,24H2,1H3. The van der Waals surface area contributed by atoms with Crippen LogP contribution < -0.4 is 10.3 Å². The quantitative estimate of drug-likeness (QED) is 0.448. The molecule has 0 aliphatic heterocycles. The number of hydrazine groups is 1. The topological polar surface area (TPSA) is 92.3 Å². The second kappa shape index (κ2) is 8.68. The molecule has 30 heavy (non-hydrogen) atoms. The Morgan fingerprint density at radius 3 is 2.50 bits per heavy atom. The Morgan fingerprint density at radius 2 is 1.87 bits per heavy atom. The Balaban J connectivity index is 2.02. The lowest BCUT2D eigenvalue weighted by molar-refractivity contribution is -0.138. The van der Waals surface area contributed by atoms with Crippen molar-refractivity contribution in [3.8, 4) is 0 Å². The van der Waals surface area contributed by atoms with Gasteiger partial charge in [0.1, 0.15) is 6.10 Å². The summed E-state index contributed by atoms with van der Waals surface area (Å²) in [6, 6.07) is 7.72. The third-order valence-electron chi connectivity index (χ3n) is 4.28. The number of benzene rings is 1. The van der Waals surface area contributed by atoms with Crippen molar-refractivity contribution in [2.75, 3.05) is 4.41 Å². The number of nitrogens with two attached hydrogens (primary N) is 1. The lowest BCUT2D eigenvalue weighted by atomic mass is 10.1. The van der Waals surface area contributed by atoms with Crippen LogP contribution in [0.5, 0.6) is 0 Å². The molecule has 158 valence electrons. The first-order valence-electron chi connectivity index (χ1n) is 8.47. The Morgan fingerprint density at radius 1 is 1.20 bits per heavy atom. The summed E-state index contributed by atoms with van der Waals surface area (Å²) < 4.78 is 53.3. The number of halogens is 4. The van der Waals surface area contributed by atoms with E-state index in [9.17, 15) is 22.5 Å². The second-order valence-electron chi connectivity index (χ2n) is 6.29. The zero-order valence-electron chi connectivity index (χ0n) is 15.5. The van der Waals surface area contributed by atoms with E-state index < -0.39 is 28.8 Å². The highest BCUT2D eigenvalue weighted by molar-refractivity contribution is 7.86. The fourth-order valence-electron chi connectivity index (χ4n) is 2.75. The van der Waals surface area contributed by atoms with Crippen molar-refractivity contribution in [2.24, 2.45) is 5.84 Å². The number of pyridine rings is 2. The van der Waals surface area contributed by atoms with E-state index >= 15 is 0 Å². The molecule has 0 spiro atoms. The SMILES string of the molecule is Cc1ccc(S(=O)N(N)c2cc(Cl)cnc2C(O)c2ccncc2)cc1C(F)(F)F. The molecule has 6 nitrogen and oxygen atoms in total. The number of alkyl halides is 3. The number of aryl methyl sites for hydroxylation is 1. The number of hydrogen-bond acceptors (Lipinski definition) is 5.